The van der Waals surface area contributed by atoms with Crippen LogP contribution in [0, 0.1) is 13.8 Å². The minimum Gasteiger partial charge on any atom is -0.496 e. The summed E-state index contributed by atoms with van der Waals surface area (Å²) in [5.74, 6) is 0.871. The van der Waals surface area contributed by atoms with Gasteiger partial charge in [0, 0.05) is 11.8 Å². The molecule has 0 heterocycles. The fourth-order valence-corrected chi connectivity index (χ4v) is 2.01. The minimum atomic E-state index is 0.109. The van der Waals surface area contributed by atoms with E-state index in [9.17, 15) is 4.79 Å². The Kier molecular flexibility index (Phi) is 3.58. The average molecular weight is 210 g/mol. The Morgan fingerprint density at radius 2 is 1.93 bits per heavy atom. The molecule has 0 atom stereocenters. The van der Waals surface area contributed by atoms with Crippen molar-refractivity contribution >= 4 is 16.9 Å². The van der Waals surface area contributed by atoms with Crippen molar-refractivity contribution in [1.82, 2.24) is 0 Å². The maximum atomic E-state index is 11.0. The van der Waals surface area contributed by atoms with Crippen molar-refractivity contribution in [2.24, 2.45) is 0 Å². The lowest BCUT2D eigenvalue weighted by Gasteiger charge is -2.09. The Bertz CT molecular complexity index is 359. The van der Waals surface area contributed by atoms with E-state index in [-0.39, 0.29) is 5.12 Å². The molecule has 3 heteroatoms. The molecule has 76 valence electrons. The highest BCUT2D eigenvalue weighted by Crippen LogP contribution is 2.29. The summed E-state index contributed by atoms with van der Waals surface area (Å²) in [6, 6.07) is 3.95. The lowest BCUT2D eigenvalue weighted by atomic mass is 10.1. The van der Waals surface area contributed by atoms with E-state index in [1.165, 1.54) is 11.8 Å². The zero-order chi connectivity index (χ0) is 10.7. The summed E-state index contributed by atoms with van der Waals surface area (Å²) in [7, 11) is 1.65. The zero-order valence-electron chi connectivity index (χ0n) is 8.88. The molecule has 0 bridgehead atoms. The predicted octanol–water partition coefficient (Wildman–Crippen LogP) is 2.95. The average Bonchev–Trinajstić information content (AvgIpc) is 2.10. The van der Waals surface area contributed by atoms with Gasteiger partial charge in [0.2, 0.25) is 0 Å². The Morgan fingerprint density at radius 3 is 2.43 bits per heavy atom. The van der Waals surface area contributed by atoms with Gasteiger partial charge in [-0.15, -0.1) is 0 Å². The van der Waals surface area contributed by atoms with Gasteiger partial charge in [-0.05, 0) is 37.1 Å². The third-order valence-electron chi connectivity index (χ3n) is 1.95. The Balaban J connectivity index is 3.08. The van der Waals surface area contributed by atoms with Crippen LogP contribution in [-0.4, -0.2) is 12.2 Å². The summed E-state index contributed by atoms with van der Waals surface area (Å²) in [6.07, 6.45) is 0. The molecule has 1 aromatic rings. The lowest BCUT2D eigenvalue weighted by molar-refractivity contribution is -0.109. The molecule has 0 amide bonds. The molecule has 0 saturated heterocycles. The van der Waals surface area contributed by atoms with E-state index in [1.54, 1.807) is 14.0 Å². The molecular formula is C11H14O2S. The summed E-state index contributed by atoms with van der Waals surface area (Å²) < 4.78 is 5.19. The third-order valence-corrected chi connectivity index (χ3v) is 2.89. The van der Waals surface area contributed by atoms with Gasteiger partial charge in [0.25, 0.3) is 0 Å². The van der Waals surface area contributed by atoms with Crippen LogP contribution in [0.1, 0.15) is 18.1 Å². The van der Waals surface area contributed by atoms with E-state index in [4.69, 9.17) is 4.74 Å². The minimum absolute atomic E-state index is 0.109. The molecule has 0 saturated carbocycles. The van der Waals surface area contributed by atoms with Crippen LogP contribution in [0.2, 0.25) is 0 Å². The molecule has 0 unspecified atom stereocenters. The standard InChI is InChI=1S/C11H14O2S/c1-7-6-11(14-9(3)12)8(2)5-10(7)13-4/h5-6H,1-4H3. The maximum absolute atomic E-state index is 11.0. The van der Waals surface area contributed by atoms with Crippen molar-refractivity contribution in [3.8, 4) is 5.75 Å². The predicted molar refractivity (Wildman–Crippen MR) is 59.0 cm³/mol. The smallest absolute Gasteiger partial charge is 0.190 e. The number of rotatable bonds is 2. The lowest BCUT2D eigenvalue weighted by Crippen LogP contribution is -1.91. The largest absolute Gasteiger partial charge is 0.496 e. The number of benzene rings is 1. The number of carbonyl (C=O) groups excluding carboxylic acids is 1. The molecule has 1 rings (SSSR count). The van der Waals surface area contributed by atoms with Crippen LogP contribution in [0.3, 0.4) is 0 Å². The number of thioether (sulfide) groups is 1. The first-order chi connectivity index (χ1) is 6.54. The number of ether oxygens (including phenoxy) is 1. The molecule has 1 aromatic carbocycles. The molecule has 0 aromatic heterocycles. The van der Waals surface area contributed by atoms with Crippen molar-refractivity contribution in [2.75, 3.05) is 7.11 Å². The van der Waals surface area contributed by atoms with Crippen molar-refractivity contribution in [3.05, 3.63) is 23.3 Å². The van der Waals surface area contributed by atoms with E-state index in [2.05, 4.69) is 0 Å². The molecule has 0 aliphatic carbocycles. The quantitative estimate of drug-likeness (QED) is 0.702. The number of carbonyl (C=O) groups is 1. The monoisotopic (exact) mass is 210 g/mol. The number of hydrogen-bond acceptors (Lipinski definition) is 3. The van der Waals surface area contributed by atoms with E-state index in [1.807, 2.05) is 26.0 Å². The second kappa shape index (κ2) is 4.51. The molecule has 0 N–H and O–H groups in total. The number of methoxy groups -OCH3 is 1. The molecule has 0 spiro atoms. The second-order valence-corrected chi connectivity index (χ2v) is 4.40. The zero-order valence-corrected chi connectivity index (χ0v) is 9.70. The van der Waals surface area contributed by atoms with E-state index in [0.717, 1.165) is 21.8 Å². The highest BCUT2D eigenvalue weighted by molar-refractivity contribution is 8.13. The van der Waals surface area contributed by atoms with Crippen LogP contribution in [0.15, 0.2) is 17.0 Å². The molecule has 2 nitrogen and oxygen atoms in total. The first kappa shape index (κ1) is 11.1. The second-order valence-electron chi connectivity index (χ2n) is 3.18. The van der Waals surface area contributed by atoms with Crippen LogP contribution in [0.4, 0.5) is 0 Å². The SMILES string of the molecule is COc1cc(C)c(SC(C)=O)cc1C. The molecule has 0 aliphatic rings. The summed E-state index contributed by atoms with van der Waals surface area (Å²) in [5.41, 5.74) is 2.13. The van der Waals surface area contributed by atoms with Crippen molar-refractivity contribution in [3.63, 3.8) is 0 Å². The summed E-state index contributed by atoms with van der Waals surface area (Å²) in [4.78, 5) is 12.0. The highest BCUT2D eigenvalue weighted by atomic mass is 32.2. The van der Waals surface area contributed by atoms with Crippen LogP contribution in [0.5, 0.6) is 5.75 Å². The van der Waals surface area contributed by atoms with Gasteiger partial charge in [-0.25, -0.2) is 0 Å². The maximum Gasteiger partial charge on any atom is 0.190 e. The highest BCUT2D eigenvalue weighted by Gasteiger charge is 2.06. The molecule has 0 fully saturated rings. The van der Waals surface area contributed by atoms with Gasteiger partial charge in [0.05, 0.1) is 7.11 Å². The van der Waals surface area contributed by atoms with Gasteiger partial charge in [-0.3, -0.25) is 4.79 Å². The van der Waals surface area contributed by atoms with E-state index >= 15 is 0 Å². The fraction of sp³-hybridized carbons (Fsp3) is 0.364. The van der Waals surface area contributed by atoms with Gasteiger partial charge < -0.3 is 4.74 Å². The van der Waals surface area contributed by atoms with Gasteiger partial charge in [-0.2, -0.15) is 0 Å². The van der Waals surface area contributed by atoms with Gasteiger partial charge in [0.1, 0.15) is 5.75 Å². The summed E-state index contributed by atoms with van der Waals surface area (Å²) in [5, 5.41) is 0.109. The topological polar surface area (TPSA) is 26.3 Å². The van der Waals surface area contributed by atoms with Gasteiger partial charge in [0.15, 0.2) is 5.12 Å². The summed E-state index contributed by atoms with van der Waals surface area (Å²) >= 11 is 1.26. The van der Waals surface area contributed by atoms with Crippen LogP contribution in [0.25, 0.3) is 0 Å². The van der Waals surface area contributed by atoms with Gasteiger partial charge >= 0.3 is 0 Å². The van der Waals surface area contributed by atoms with Crippen LogP contribution in [-0.2, 0) is 4.79 Å². The fourth-order valence-electron chi connectivity index (χ4n) is 1.25. The third kappa shape index (κ3) is 2.51. The van der Waals surface area contributed by atoms with Crippen LogP contribution < -0.4 is 4.74 Å². The molecule has 0 radical (unpaired) electrons. The first-order valence-corrected chi connectivity index (χ1v) is 5.20. The van der Waals surface area contributed by atoms with E-state index in [0.29, 0.717) is 0 Å². The van der Waals surface area contributed by atoms with Crippen molar-refractivity contribution in [2.45, 2.75) is 25.7 Å². The van der Waals surface area contributed by atoms with Crippen molar-refractivity contribution in [1.29, 1.82) is 0 Å². The van der Waals surface area contributed by atoms with Crippen molar-refractivity contribution < 1.29 is 9.53 Å². The molecule has 14 heavy (non-hydrogen) atoms. The van der Waals surface area contributed by atoms with Crippen LogP contribution >= 0.6 is 11.8 Å². The molecular weight excluding hydrogens is 196 g/mol. The Hall–Kier alpha value is -0.960. The summed E-state index contributed by atoms with van der Waals surface area (Å²) in [6.45, 7) is 5.53. The Labute approximate surface area is 88.7 Å². The Morgan fingerprint density at radius 1 is 1.29 bits per heavy atom. The number of hydrogen-bond donors (Lipinski definition) is 0. The molecule has 0 aliphatic heterocycles. The van der Waals surface area contributed by atoms with E-state index < -0.39 is 0 Å². The first-order valence-electron chi connectivity index (χ1n) is 4.38. The number of aryl methyl sites for hydroxylation is 2. The van der Waals surface area contributed by atoms with Gasteiger partial charge in [-0.1, -0.05) is 11.8 Å². The normalized spacial score (nSPS) is 10.0.